The van der Waals surface area contributed by atoms with Crippen molar-refractivity contribution < 1.29 is 36.4 Å². The van der Waals surface area contributed by atoms with Gasteiger partial charge in [-0.05, 0) is 64.4 Å². The third kappa shape index (κ3) is 15.5. The minimum absolute atomic E-state index is 0. The molecule has 0 amide bonds. The normalized spacial score (nSPS) is 11.8. The number of rotatable bonds is 10. The van der Waals surface area contributed by atoms with Gasteiger partial charge in [-0.15, -0.1) is 0 Å². The Hall–Kier alpha value is -2.84. The summed E-state index contributed by atoms with van der Waals surface area (Å²) in [6.07, 6.45) is 21.7. The Morgan fingerprint density at radius 3 is 1.57 bits per heavy atom. The molecule has 18 heteroatoms. The van der Waals surface area contributed by atoms with Crippen molar-refractivity contribution in [2.45, 2.75) is 99.0 Å². The van der Waals surface area contributed by atoms with E-state index in [0.29, 0.717) is 18.1 Å². The number of carbonyl (C=O) groups is 1. The number of thiazole rings is 3. The Labute approximate surface area is 369 Å². The number of esters is 1. The first-order chi connectivity index (χ1) is 25.4. The quantitative estimate of drug-likeness (QED) is 0.112. The standard InChI is InChI=1S/C11H13N3O2S.C11H15N3OS.C11H15N3S.C4H8O.CH3.BrH.Mg/c1-3-9-6-12-11(17-9)14-7-8(5-13-14)10(15)16-4-2;1-4-9-6-12-10(16-9)14-7-8(5-13-14)11(2,3)15;1-4-10-6-12-11(15-10)14-7-9(5-13-14)8(2)3;1-2-4-5-3-1;;;/h5-7H,3-4H2,1-2H3;5-7,15H,4H2,1-3H3;5-8H,4H2,1-3H3;1-4H2;1H3;1H;/q;;;;-1;;+2/p-1. The summed E-state index contributed by atoms with van der Waals surface area (Å²) in [4.78, 5) is 28.1. The molecule has 1 saturated heterocycles. The average molecular weight is 901 g/mol. The van der Waals surface area contributed by atoms with Crippen molar-refractivity contribution in [1.82, 2.24) is 44.3 Å². The van der Waals surface area contributed by atoms with Gasteiger partial charge >= 0.3 is 29.0 Å². The van der Waals surface area contributed by atoms with Crippen molar-refractivity contribution >= 4 is 63.0 Å². The molecule has 13 nitrogen and oxygen atoms in total. The zero-order valence-electron chi connectivity index (χ0n) is 33.9. The van der Waals surface area contributed by atoms with Gasteiger partial charge in [0, 0.05) is 70.6 Å². The monoisotopic (exact) mass is 899 g/mol. The molecule has 1 aliphatic rings. The van der Waals surface area contributed by atoms with Crippen molar-refractivity contribution in [3.63, 3.8) is 0 Å². The molecule has 7 rings (SSSR count). The van der Waals surface area contributed by atoms with Crippen LogP contribution in [0.2, 0.25) is 0 Å². The van der Waals surface area contributed by atoms with E-state index in [2.05, 4.69) is 71.1 Å². The molecule has 7 heterocycles. The molecule has 0 radical (unpaired) electrons. The van der Waals surface area contributed by atoms with Gasteiger partial charge in [0.2, 0.25) is 15.4 Å². The number of nitrogens with zero attached hydrogens (tertiary/aromatic N) is 9. The summed E-state index contributed by atoms with van der Waals surface area (Å²) < 4.78 is 15.0. The number of hydrogen-bond acceptors (Lipinski definition) is 13. The third-order valence-corrected chi connectivity index (χ3v) is 11.1. The van der Waals surface area contributed by atoms with Crippen molar-refractivity contribution in [2.75, 3.05) is 19.8 Å². The van der Waals surface area contributed by atoms with Crippen LogP contribution in [0.15, 0.2) is 55.8 Å². The van der Waals surface area contributed by atoms with E-state index >= 15 is 0 Å². The largest absolute Gasteiger partial charge is 2.00 e. The minimum atomic E-state index is -0.858. The fourth-order valence-electron chi connectivity index (χ4n) is 4.44. The SMILES string of the molecule is C1CCOC1.CCOC(=O)c1cnn(-c2ncc(CC)s2)c1.CCc1cnc(-n2cc(C(C)(C)O)cn2)s1.CCc1cnc(-n2cc(C(C)C)cn2)s1.[Br-].[CH3-].[Mg+2]. The Morgan fingerprint density at radius 2 is 1.21 bits per heavy atom. The second-order valence-corrected chi connectivity index (χ2v) is 16.0. The number of halogens is 1. The van der Waals surface area contributed by atoms with Gasteiger partial charge in [-0.25, -0.2) is 33.8 Å². The first-order valence-electron chi connectivity index (χ1n) is 17.9. The van der Waals surface area contributed by atoms with E-state index < -0.39 is 5.60 Å². The first-order valence-corrected chi connectivity index (χ1v) is 20.4. The minimum Gasteiger partial charge on any atom is -1.00 e. The molecule has 6 aromatic rings. The smallest absolute Gasteiger partial charge is 1.00 e. The Balaban J connectivity index is 0.000000385. The van der Waals surface area contributed by atoms with Crippen LogP contribution >= 0.6 is 34.0 Å². The summed E-state index contributed by atoms with van der Waals surface area (Å²) in [5, 5.41) is 25.0. The van der Waals surface area contributed by atoms with Gasteiger partial charge in [-0.2, -0.15) is 15.3 Å². The maximum absolute atomic E-state index is 11.5. The summed E-state index contributed by atoms with van der Waals surface area (Å²) in [5.41, 5.74) is 1.63. The molecule has 0 spiro atoms. The van der Waals surface area contributed by atoms with Gasteiger partial charge < -0.3 is 39.0 Å². The van der Waals surface area contributed by atoms with Crippen LogP contribution in [0.25, 0.3) is 15.4 Å². The van der Waals surface area contributed by atoms with Crippen molar-refractivity contribution in [2.24, 2.45) is 0 Å². The molecule has 1 N–H and O–H groups in total. The third-order valence-electron chi connectivity index (χ3n) is 7.74. The molecule has 1 aliphatic heterocycles. The summed E-state index contributed by atoms with van der Waals surface area (Å²) in [6.45, 7) is 18.3. The maximum atomic E-state index is 11.5. The second kappa shape index (κ2) is 25.5. The molecule has 0 bridgehead atoms. The maximum Gasteiger partial charge on any atom is 2.00 e. The molecular formula is C38H54BrMgN9O4S3. The van der Waals surface area contributed by atoms with Gasteiger partial charge in [0.1, 0.15) is 0 Å². The zero-order chi connectivity index (χ0) is 38.4. The van der Waals surface area contributed by atoms with Gasteiger partial charge in [0.05, 0.1) is 36.4 Å². The van der Waals surface area contributed by atoms with Crippen LogP contribution in [0, 0.1) is 7.43 Å². The molecule has 1 fully saturated rings. The van der Waals surface area contributed by atoms with Crippen molar-refractivity contribution in [1.29, 1.82) is 0 Å². The number of carbonyl (C=O) groups excluding carboxylic acids is 1. The topological polar surface area (TPSA) is 148 Å². The molecule has 0 unspecified atom stereocenters. The predicted molar refractivity (Wildman–Crippen MR) is 223 cm³/mol. The van der Waals surface area contributed by atoms with Crippen molar-refractivity contribution in [3.05, 3.63) is 94.5 Å². The number of ether oxygens (including phenoxy) is 2. The van der Waals surface area contributed by atoms with E-state index in [1.807, 2.05) is 35.7 Å². The van der Waals surface area contributed by atoms with Crippen LogP contribution in [0.4, 0.5) is 0 Å². The van der Waals surface area contributed by atoms with Crippen LogP contribution in [0.5, 0.6) is 0 Å². The number of aliphatic hydroxyl groups is 1. The fourth-order valence-corrected chi connectivity index (χ4v) is 6.79. The Kier molecular flexibility index (Phi) is 23.3. The Bertz CT molecular complexity index is 1970. The van der Waals surface area contributed by atoms with E-state index in [9.17, 15) is 9.90 Å². The van der Waals surface area contributed by atoms with E-state index in [4.69, 9.17) is 9.47 Å². The number of hydrogen-bond donors (Lipinski definition) is 1. The summed E-state index contributed by atoms with van der Waals surface area (Å²) in [6, 6.07) is 0. The van der Waals surface area contributed by atoms with Crippen LogP contribution in [0.1, 0.15) is 110 Å². The molecule has 56 heavy (non-hydrogen) atoms. The summed E-state index contributed by atoms with van der Waals surface area (Å²) >= 11 is 4.88. The van der Waals surface area contributed by atoms with E-state index in [1.165, 1.54) is 39.2 Å². The zero-order valence-corrected chi connectivity index (χ0v) is 39.4. The molecule has 302 valence electrons. The number of aromatic nitrogens is 9. The van der Waals surface area contributed by atoms with E-state index in [0.717, 1.165) is 53.4 Å². The average Bonchev–Trinajstić information content (AvgIpc) is 4.01. The van der Waals surface area contributed by atoms with Crippen LogP contribution in [-0.2, 0) is 34.3 Å². The Morgan fingerprint density at radius 1 is 0.768 bits per heavy atom. The summed E-state index contributed by atoms with van der Waals surface area (Å²) in [5.74, 6) is 0.162. The van der Waals surface area contributed by atoms with E-state index in [-0.39, 0.29) is 53.4 Å². The fraction of sp³-hybridized carbons (Fsp3) is 0.474. The molecule has 0 saturated carbocycles. The molecule has 0 aromatic carbocycles. The summed E-state index contributed by atoms with van der Waals surface area (Å²) in [7, 11) is 0. The molecule has 6 aromatic heterocycles. The van der Waals surface area contributed by atoms with Crippen LogP contribution < -0.4 is 17.0 Å². The second-order valence-electron chi connectivity index (χ2n) is 12.7. The van der Waals surface area contributed by atoms with Crippen molar-refractivity contribution in [3.8, 4) is 15.4 Å². The van der Waals surface area contributed by atoms with E-state index in [1.54, 1.807) is 76.5 Å². The van der Waals surface area contributed by atoms with Crippen LogP contribution in [0.3, 0.4) is 0 Å². The molecule has 0 atom stereocenters. The molecule has 0 aliphatic carbocycles. The van der Waals surface area contributed by atoms with Crippen LogP contribution in [-0.4, -0.2) is 98.2 Å². The van der Waals surface area contributed by atoms with Gasteiger partial charge in [0.15, 0.2) is 0 Å². The van der Waals surface area contributed by atoms with Gasteiger partial charge in [-0.3, -0.25) is 0 Å². The number of aryl methyl sites for hydroxylation is 3. The van der Waals surface area contributed by atoms with Gasteiger partial charge in [0.25, 0.3) is 0 Å². The predicted octanol–water partition coefficient (Wildman–Crippen LogP) is 5.07. The van der Waals surface area contributed by atoms with Gasteiger partial charge in [-0.1, -0.05) is 68.6 Å². The first kappa shape index (κ1) is 51.2. The molecular weight excluding hydrogens is 847 g/mol.